The number of fused-ring (bicyclic) bond motifs is 1. The fourth-order valence-electron chi connectivity index (χ4n) is 1.93. The normalized spacial score (nSPS) is 10.6. The van der Waals surface area contributed by atoms with E-state index in [9.17, 15) is 9.41 Å². The van der Waals surface area contributed by atoms with Crippen LogP contribution in [0.5, 0.6) is 5.88 Å². The van der Waals surface area contributed by atoms with E-state index in [2.05, 4.69) is 4.98 Å². The largest absolute Gasteiger partial charge is 0.561 e. The summed E-state index contributed by atoms with van der Waals surface area (Å²) < 4.78 is 18.2. The van der Waals surface area contributed by atoms with Gasteiger partial charge in [0, 0.05) is 17.0 Å². The van der Waals surface area contributed by atoms with Gasteiger partial charge in [-0.05, 0) is 23.7 Å². The van der Waals surface area contributed by atoms with Crippen LogP contribution in [-0.4, -0.2) is 17.1 Å². The summed E-state index contributed by atoms with van der Waals surface area (Å²) in [5.74, 6) is 0.125. The van der Waals surface area contributed by atoms with Crippen LogP contribution in [0.3, 0.4) is 0 Å². The van der Waals surface area contributed by atoms with Crippen molar-refractivity contribution in [3.63, 3.8) is 0 Å². The summed E-state index contributed by atoms with van der Waals surface area (Å²) in [6, 6.07) is 15.1. The Labute approximate surface area is 109 Å². The number of benzene rings is 2. The van der Waals surface area contributed by atoms with E-state index in [1.54, 1.807) is 0 Å². The second kappa shape index (κ2) is 4.78. The Morgan fingerprint density at radius 1 is 1.05 bits per heavy atom. The van der Waals surface area contributed by atoms with Crippen LogP contribution in [0.25, 0.3) is 10.9 Å². The molecule has 0 aliphatic heterocycles. The predicted octanol–water partition coefficient (Wildman–Crippen LogP) is 2.07. The second-order valence-electron chi connectivity index (χ2n) is 4.24. The molecule has 3 nitrogen and oxygen atoms in total. The van der Waals surface area contributed by atoms with Gasteiger partial charge in [-0.2, -0.15) is 0 Å². The standard InChI is InChI=1S/C14H11BFNO2/c16-12-7-5-11(6-8-12)15(18)19-14-9-10-3-1-2-4-13(10)17-14/h1-9,17-18H. The molecule has 0 radical (unpaired) electrons. The van der Waals surface area contributed by atoms with Crippen LogP contribution in [0.15, 0.2) is 54.6 Å². The average Bonchev–Trinajstić information content (AvgIpc) is 2.81. The molecule has 0 saturated carbocycles. The summed E-state index contributed by atoms with van der Waals surface area (Å²) in [6.07, 6.45) is 0. The van der Waals surface area contributed by atoms with Crippen molar-refractivity contribution in [3.05, 3.63) is 60.4 Å². The van der Waals surface area contributed by atoms with Gasteiger partial charge in [-0.3, -0.25) is 0 Å². The summed E-state index contributed by atoms with van der Waals surface area (Å²) in [4.78, 5) is 3.05. The molecular formula is C14H11BFNO2. The molecule has 0 fully saturated rings. The highest BCUT2D eigenvalue weighted by Crippen LogP contribution is 2.19. The number of aromatic nitrogens is 1. The lowest BCUT2D eigenvalue weighted by Crippen LogP contribution is -2.36. The molecule has 94 valence electrons. The third-order valence-electron chi connectivity index (χ3n) is 2.90. The van der Waals surface area contributed by atoms with E-state index < -0.39 is 7.12 Å². The minimum absolute atomic E-state index is 0.346. The predicted molar refractivity (Wildman–Crippen MR) is 72.9 cm³/mol. The van der Waals surface area contributed by atoms with Crippen molar-refractivity contribution in [1.82, 2.24) is 4.98 Å². The van der Waals surface area contributed by atoms with Gasteiger partial charge in [0.2, 0.25) is 0 Å². The van der Waals surface area contributed by atoms with Gasteiger partial charge in [0.1, 0.15) is 5.82 Å². The molecule has 3 rings (SSSR count). The number of aromatic amines is 1. The molecule has 0 aliphatic carbocycles. The Kier molecular flexibility index (Phi) is 2.97. The summed E-state index contributed by atoms with van der Waals surface area (Å²) in [5.41, 5.74) is 1.43. The zero-order chi connectivity index (χ0) is 13.2. The van der Waals surface area contributed by atoms with Crippen LogP contribution >= 0.6 is 0 Å². The molecule has 0 amide bonds. The second-order valence-corrected chi connectivity index (χ2v) is 4.24. The lowest BCUT2D eigenvalue weighted by molar-refractivity contribution is 0.425. The highest BCUT2D eigenvalue weighted by molar-refractivity contribution is 6.60. The molecule has 2 aromatic carbocycles. The van der Waals surface area contributed by atoms with Gasteiger partial charge >= 0.3 is 7.12 Å². The third-order valence-corrected chi connectivity index (χ3v) is 2.90. The number of H-pyrrole nitrogens is 1. The summed E-state index contributed by atoms with van der Waals surface area (Å²) >= 11 is 0. The van der Waals surface area contributed by atoms with Gasteiger partial charge in [0.15, 0.2) is 5.88 Å². The van der Waals surface area contributed by atoms with E-state index in [0.29, 0.717) is 11.3 Å². The van der Waals surface area contributed by atoms with Gasteiger partial charge in [0.25, 0.3) is 0 Å². The average molecular weight is 255 g/mol. The Balaban J connectivity index is 1.82. The van der Waals surface area contributed by atoms with Gasteiger partial charge < -0.3 is 14.7 Å². The molecule has 0 bridgehead atoms. The van der Waals surface area contributed by atoms with Crippen molar-refractivity contribution in [2.45, 2.75) is 0 Å². The van der Waals surface area contributed by atoms with Gasteiger partial charge in [0.05, 0.1) is 0 Å². The maximum Gasteiger partial charge on any atom is 0.561 e. The summed E-state index contributed by atoms with van der Waals surface area (Å²) in [7, 11) is -1.13. The van der Waals surface area contributed by atoms with Crippen LogP contribution < -0.4 is 10.1 Å². The smallest absolute Gasteiger partial charge is 0.520 e. The Morgan fingerprint density at radius 3 is 2.53 bits per heavy atom. The van der Waals surface area contributed by atoms with E-state index in [1.165, 1.54) is 24.3 Å². The van der Waals surface area contributed by atoms with Gasteiger partial charge in [-0.15, -0.1) is 0 Å². The molecule has 0 aliphatic rings. The molecular weight excluding hydrogens is 244 g/mol. The van der Waals surface area contributed by atoms with Crippen molar-refractivity contribution in [3.8, 4) is 5.88 Å². The molecule has 0 saturated heterocycles. The lowest BCUT2D eigenvalue weighted by Gasteiger charge is -2.07. The fraction of sp³-hybridized carbons (Fsp3) is 0. The molecule has 19 heavy (non-hydrogen) atoms. The van der Waals surface area contributed by atoms with Crippen molar-refractivity contribution in [1.29, 1.82) is 0 Å². The van der Waals surface area contributed by atoms with Crippen LogP contribution in [0.4, 0.5) is 4.39 Å². The van der Waals surface area contributed by atoms with E-state index in [1.807, 2.05) is 30.3 Å². The van der Waals surface area contributed by atoms with Gasteiger partial charge in [-0.1, -0.05) is 30.3 Å². The maximum absolute atomic E-state index is 12.8. The van der Waals surface area contributed by atoms with E-state index in [4.69, 9.17) is 4.65 Å². The van der Waals surface area contributed by atoms with Gasteiger partial charge in [-0.25, -0.2) is 4.39 Å². The number of hydrogen-bond donors (Lipinski definition) is 2. The third kappa shape index (κ3) is 2.46. The van der Waals surface area contributed by atoms with Crippen molar-refractivity contribution >= 4 is 23.5 Å². The highest BCUT2D eigenvalue weighted by atomic mass is 19.1. The summed E-state index contributed by atoms with van der Waals surface area (Å²) in [6.45, 7) is 0. The number of rotatable bonds is 3. The first kappa shape index (κ1) is 11.8. The maximum atomic E-state index is 12.8. The molecule has 0 atom stereocenters. The SMILES string of the molecule is OB(Oc1cc2ccccc2[nH]1)c1ccc(F)cc1. The molecule has 3 aromatic rings. The van der Waals surface area contributed by atoms with Crippen molar-refractivity contribution < 1.29 is 14.1 Å². The zero-order valence-electron chi connectivity index (χ0n) is 10.0. The Bertz CT molecular complexity index is 663. The molecule has 2 N–H and O–H groups in total. The number of halogens is 1. The number of nitrogens with one attached hydrogen (secondary N) is 1. The van der Waals surface area contributed by atoms with Crippen molar-refractivity contribution in [2.75, 3.05) is 0 Å². The molecule has 0 spiro atoms. The summed E-state index contributed by atoms with van der Waals surface area (Å²) in [5, 5.41) is 10.9. The first-order chi connectivity index (χ1) is 9.22. The first-order valence-corrected chi connectivity index (χ1v) is 5.90. The quantitative estimate of drug-likeness (QED) is 0.704. The van der Waals surface area contributed by atoms with Crippen LogP contribution in [-0.2, 0) is 0 Å². The Hall–Kier alpha value is -2.27. The van der Waals surface area contributed by atoms with Crippen LogP contribution in [0, 0.1) is 5.82 Å². The monoisotopic (exact) mass is 255 g/mol. The van der Waals surface area contributed by atoms with E-state index >= 15 is 0 Å². The zero-order valence-corrected chi connectivity index (χ0v) is 10.0. The highest BCUT2D eigenvalue weighted by Gasteiger charge is 2.19. The Morgan fingerprint density at radius 2 is 1.79 bits per heavy atom. The van der Waals surface area contributed by atoms with Crippen molar-refractivity contribution in [2.24, 2.45) is 0 Å². The van der Waals surface area contributed by atoms with E-state index in [-0.39, 0.29) is 5.82 Å². The van der Waals surface area contributed by atoms with Crippen LogP contribution in [0.2, 0.25) is 0 Å². The van der Waals surface area contributed by atoms with E-state index in [0.717, 1.165) is 10.9 Å². The number of hydrogen-bond acceptors (Lipinski definition) is 2. The number of para-hydroxylation sites is 1. The minimum atomic E-state index is -1.13. The molecule has 1 aromatic heterocycles. The molecule has 0 unspecified atom stereocenters. The molecule has 5 heteroatoms. The fourth-order valence-corrected chi connectivity index (χ4v) is 1.93. The minimum Gasteiger partial charge on any atom is -0.520 e. The first-order valence-electron chi connectivity index (χ1n) is 5.90. The topological polar surface area (TPSA) is 45.2 Å². The molecule has 1 heterocycles. The lowest BCUT2D eigenvalue weighted by atomic mass is 9.80. The van der Waals surface area contributed by atoms with Crippen LogP contribution in [0.1, 0.15) is 0 Å².